The summed E-state index contributed by atoms with van der Waals surface area (Å²) in [5.41, 5.74) is 1.76. The van der Waals surface area contributed by atoms with Crippen molar-refractivity contribution in [1.82, 2.24) is 0 Å². The van der Waals surface area contributed by atoms with Crippen LogP contribution in [0.1, 0.15) is 77.8 Å². The molecule has 1 aliphatic carbocycles. The summed E-state index contributed by atoms with van der Waals surface area (Å²) < 4.78 is 18.3. The lowest BCUT2D eigenvalue weighted by Crippen LogP contribution is -2.50. The van der Waals surface area contributed by atoms with E-state index in [-0.39, 0.29) is 15.9 Å². The number of benzene rings is 1. The average Bonchev–Trinajstić information content (AvgIpc) is 2.74. The molecule has 0 heterocycles. The Bertz CT molecular complexity index is 927. The number of rotatable bonds is 7. The van der Waals surface area contributed by atoms with Crippen LogP contribution in [0.3, 0.4) is 0 Å². The number of terminal acetylenes is 1. The summed E-state index contributed by atoms with van der Waals surface area (Å²) in [5, 5.41) is 0.142. The van der Waals surface area contributed by atoms with E-state index in [1.54, 1.807) is 14.2 Å². The molecular formula is C30H46O3Si. The molecule has 1 saturated carbocycles. The van der Waals surface area contributed by atoms with E-state index in [2.05, 4.69) is 65.5 Å². The minimum Gasteiger partial charge on any atom is -0.495 e. The predicted molar refractivity (Wildman–Crippen MR) is 146 cm³/mol. The van der Waals surface area contributed by atoms with Gasteiger partial charge in [0.25, 0.3) is 0 Å². The normalized spacial score (nSPS) is 22.3. The van der Waals surface area contributed by atoms with Crippen LogP contribution in [0.5, 0.6) is 11.5 Å². The highest BCUT2D eigenvalue weighted by atomic mass is 28.4. The third-order valence-electron chi connectivity index (χ3n) is 8.22. The van der Waals surface area contributed by atoms with Crippen LogP contribution >= 0.6 is 0 Å². The number of methoxy groups -OCH3 is 2. The molecular weight excluding hydrogens is 436 g/mol. The van der Waals surface area contributed by atoms with Crippen LogP contribution in [0, 0.1) is 47.9 Å². The van der Waals surface area contributed by atoms with Gasteiger partial charge in [0.1, 0.15) is 17.1 Å². The molecule has 0 aromatic heterocycles. The maximum atomic E-state index is 6.88. The van der Waals surface area contributed by atoms with E-state index in [4.69, 9.17) is 20.3 Å². The molecule has 0 radical (unpaired) electrons. The van der Waals surface area contributed by atoms with Crippen LogP contribution in [-0.2, 0) is 4.43 Å². The lowest BCUT2D eigenvalue weighted by Gasteiger charge is -2.51. The van der Waals surface area contributed by atoms with E-state index < -0.39 is 8.32 Å². The van der Waals surface area contributed by atoms with Crippen molar-refractivity contribution in [3.63, 3.8) is 0 Å². The third kappa shape index (κ3) is 6.21. The largest absolute Gasteiger partial charge is 0.495 e. The quantitative estimate of drug-likeness (QED) is 0.296. The maximum Gasteiger partial charge on any atom is 0.192 e. The summed E-state index contributed by atoms with van der Waals surface area (Å²) in [6.45, 7) is 19.0. The maximum absolute atomic E-state index is 6.88. The molecule has 2 atom stereocenters. The first-order valence-electron chi connectivity index (χ1n) is 12.6. The second kappa shape index (κ2) is 10.8. The Balaban J connectivity index is 2.65. The highest BCUT2D eigenvalue weighted by Gasteiger charge is 2.50. The standard InChI is InChI=1S/C30H46O3Si/c1-12-13-15-27-29(6,7)17-14-18-30(27,22-33-34(10,11)28(3,4)5)19-16-24-25(31-8)20-23(2)21-26(24)32-9/h1,20-21,27H,13-15,17-18,22H2,2-11H3/t27-,30-/m0/s1. The zero-order valence-corrected chi connectivity index (χ0v) is 24.3. The van der Waals surface area contributed by atoms with Gasteiger partial charge in [-0.25, -0.2) is 0 Å². The van der Waals surface area contributed by atoms with Gasteiger partial charge in [-0.1, -0.05) is 52.9 Å². The monoisotopic (exact) mass is 482 g/mol. The van der Waals surface area contributed by atoms with E-state index in [1.807, 2.05) is 19.1 Å². The second-order valence-corrected chi connectivity index (χ2v) is 16.9. The minimum absolute atomic E-state index is 0.141. The fourth-order valence-corrected chi connectivity index (χ4v) is 6.14. The van der Waals surface area contributed by atoms with Gasteiger partial charge in [-0.05, 0) is 73.3 Å². The number of aryl methyl sites for hydroxylation is 1. The molecule has 3 nitrogen and oxygen atoms in total. The van der Waals surface area contributed by atoms with Crippen LogP contribution in [0.4, 0.5) is 0 Å². The summed E-state index contributed by atoms with van der Waals surface area (Å²) in [6.07, 6.45) is 10.8. The average molecular weight is 483 g/mol. The van der Waals surface area contributed by atoms with Gasteiger partial charge in [0.05, 0.1) is 26.2 Å². The van der Waals surface area contributed by atoms with Crippen LogP contribution in [0.15, 0.2) is 12.1 Å². The summed E-state index contributed by atoms with van der Waals surface area (Å²) in [5.74, 6) is 12.0. The molecule has 1 fully saturated rings. The third-order valence-corrected chi connectivity index (χ3v) is 12.7. The Morgan fingerprint density at radius 2 is 1.68 bits per heavy atom. The van der Waals surface area contributed by atoms with Gasteiger partial charge in [0.15, 0.2) is 8.32 Å². The van der Waals surface area contributed by atoms with E-state index in [0.29, 0.717) is 12.5 Å². The van der Waals surface area contributed by atoms with Crippen molar-refractivity contribution < 1.29 is 13.9 Å². The summed E-state index contributed by atoms with van der Waals surface area (Å²) in [4.78, 5) is 0. The highest BCUT2D eigenvalue weighted by molar-refractivity contribution is 6.74. The molecule has 1 aromatic rings. The fourth-order valence-electron chi connectivity index (χ4n) is 5.09. The van der Waals surface area contributed by atoms with Gasteiger partial charge in [0.2, 0.25) is 0 Å². The Kier molecular flexibility index (Phi) is 9.01. The molecule has 2 rings (SSSR count). The van der Waals surface area contributed by atoms with Crippen LogP contribution in [-0.4, -0.2) is 29.1 Å². The molecule has 0 saturated heterocycles. The minimum atomic E-state index is -1.95. The zero-order chi connectivity index (χ0) is 25.8. The molecule has 0 unspecified atom stereocenters. The number of hydrogen-bond acceptors (Lipinski definition) is 3. The fraction of sp³-hybridized carbons (Fsp3) is 0.667. The van der Waals surface area contributed by atoms with Gasteiger partial charge in [0, 0.05) is 6.42 Å². The van der Waals surface area contributed by atoms with Gasteiger partial charge in [-0.3, -0.25) is 0 Å². The molecule has 0 bridgehead atoms. The molecule has 34 heavy (non-hydrogen) atoms. The van der Waals surface area contributed by atoms with Gasteiger partial charge in [-0.2, -0.15) is 0 Å². The first-order chi connectivity index (χ1) is 15.7. The lowest BCUT2D eigenvalue weighted by atomic mass is 9.55. The van der Waals surface area contributed by atoms with Crippen LogP contribution in [0.25, 0.3) is 0 Å². The van der Waals surface area contributed by atoms with Crippen molar-refractivity contribution in [3.05, 3.63) is 23.3 Å². The Morgan fingerprint density at radius 3 is 2.18 bits per heavy atom. The second-order valence-electron chi connectivity index (χ2n) is 12.1. The summed E-state index contributed by atoms with van der Waals surface area (Å²) >= 11 is 0. The van der Waals surface area contributed by atoms with E-state index >= 15 is 0 Å². The Labute approximate surface area is 210 Å². The van der Waals surface area contributed by atoms with Crippen molar-refractivity contribution >= 4 is 8.32 Å². The zero-order valence-electron chi connectivity index (χ0n) is 23.3. The summed E-state index contributed by atoms with van der Waals surface area (Å²) in [7, 11) is 1.43. The Hall–Kier alpha value is -1.88. The predicted octanol–water partition coefficient (Wildman–Crippen LogP) is 7.61. The molecule has 1 aromatic carbocycles. The van der Waals surface area contributed by atoms with Crippen molar-refractivity contribution in [3.8, 4) is 35.7 Å². The molecule has 0 amide bonds. The SMILES string of the molecule is C#CCC[C@H]1C(C)(C)CCC[C@]1(C#Cc1c(OC)cc(C)cc1OC)CO[Si](C)(C)C(C)(C)C. The highest BCUT2D eigenvalue weighted by Crippen LogP contribution is 2.54. The molecule has 188 valence electrons. The molecule has 0 N–H and O–H groups in total. The van der Waals surface area contributed by atoms with Crippen molar-refractivity contribution in [2.45, 2.75) is 91.8 Å². The molecule has 1 aliphatic rings. The Morgan fingerprint density at radius 1 is 1.09 bits per heavy atom. The van der Waals surface area contributed by atoms with E-state index in [9.17, 15) is 0 Å². The first-order valence-corrected chi connectivity index (χ1v) is 15.5. The molecule has 0 aliphatic heterocycles. The van der Waals surface area contributed by atoms with Crippen molar-refractivity contribution in [1.29, 1.82) is 0 Å². The number of hydrogen-bond donors (Lipinski definition) is 0. The first kappa shape index (κ1) is 28.4. The smallest absolute Gasteiger partial charge is 0.192 e. The van der Waals surface area contributed by atoms with Gasteiger partial charge < -0.3 is 13.9 Å². The molecule has 0 spiro atoms. The molecule has 4 heteroatoms. The lowest BCUT2D eigenvalue weighted by molar-refractivity contribution is -0.00927. The van der Waals surface area contributed by atoms with Crippen molar-refractivity contribution in [2.24, 2.45) is 16.7 Å². The van der Waals surface area contributed by atoms with Crippen molar-refractivity contribution in [2.75, 3.05) is 20.8 Å². The summed E-state index contributed by atoms with van der Waals surface area (Å²) in [6, 6.07) is 4.04. The van der Waals surface area contributed by atoms with Crippen LogP contribution < -0.4 is 9.47 Å². The van der Waals surface area contributed by atoms with Gasteiger partial charge in [-0.15, -0.1) is 12.3 Å². The van der Waals surface area contributed by atoms with Gasteiger partial charge >= 0.3 is 0 Å². The topological polar surface area (TPSA) is 27.7 Å². The van der Waals surface area contributed by atoms with Crippen LogP contribution in [0.2, 0.25) is 18.1 Å². The number of ether oxygens (including phenoxy) is 2. The van der Waals surface area contributed by atoms with E-state index in [1.165, 1.54) is 6.42 Å². The van der Waals surface area contributed by atoms with E-state index in [0.717, 1.165) is 48.3 Å².